The van der Waals surface area contributed by atoms with Crippen molar-refractivity contribution in [3.05, 3.63) is 143 Å². The van der Waals surface area contributed by atoms with Crippen LogP contribution in [0.1, 0.15) is 28.3 Å². The van der Waals surface area contributed by atoms with Gasteiger partial charge in [-0.05, 0) is 59.5 Å². The first-order chi connectivity index (χ1) is 20.0. The molecule has 0 radical (unpaired) electrons. The summed E-state index contributed by atoms with van der Waals surface area (Å²) in [6, 6.07) is 31.5. The Balaban J connectivity index is 1.36. The highest BCUT2D eigenvalue weighted by Crippen LogP contribution is 2.44. The van der Waals surface area contributed by atoms with Crippen LogP contribution in [0, 0.1) is 6.92 Å². The molecule has 0 saturated carbocycles. The van der Waals surface area contributed by atoms with Crippen molar-refractivity contribution in [3.8, 4) is 5.75 Å². The van der Waals surface area contributed by atoms with Crippen LogP contribution in [0.3, 0.4) is 0 Å². The molecule has 0 bridgehead atoms. The Morgan fingerprint density at radius 3 is 2.41 bits per heavy atom. The molecule has 0 saturated heterocycles. The molecule has 1 aliphatic heterocycles. The molecular formula is C34H26N2O4S. The fourth-order valence-electron chi connectivity index (χ4n) is 4.81. The number of aromatic nitrogens is 1. The van der Waals surface area contributed by atoms with Gasteiger partial charge in [0.15, 0.2) is 16.7 Å². The van der Waals surface area contributed by atoms with Gasteiger partial charge in [0.1, 0.15) is 12.4 Å². The number of aliphatic hydroxyl groups excluding tert-OH is 1. The van der Waals surface area contributed by atoms with Gasteiger partial charge in [-0.25, -0.2) is 4.98 Å². The van der Waals surface area contributed by atoms with Crippen molar-refractivity contribution in [2.24, 2.45) is 0 Å². The number of thiazole rings is 1. The third kappa shape index (κ3) is 5.40. The van der Waals surface area contributed by atoms with Crippen molar-refractivity contribution in [1.29, 1.82) is 0 Å². The van der Waals surface area contributed by atoms with Crippen LogP contribution in [0.5, 0.6) is 5.75 Å². The molecule has 41 heavy (non-hydrogen) atoms. The van der Waals surface area contributed by atoms with Crippen LogP contribution in [0.25, 0.3) is 16.3 Å². The molecule has 2 heterocycles. The van der Waals surface area contributed by atoms with E-state index in [1.807, 2.05) is 97.9 Å². The van der Waals surface area contributed by atoms with Crippen LogP contribution in [0.4, 0.5) is 5.13 Å². The van der Waals surface area contributed by atoms with Crippen molar-refractivity contribution in [1.82, 2.24) is 4.98 Å². The minimum Gasteiger partial charge on any atom is -0.503 e. The molecule has 1 amide bonds. The van der Waals surface area contributed by atoms with Crippen LogP contribution in [-0.2, 0) is 16.2 Å². The summed E-state index contributed by atoms with van der Waals surface area (Å²) in [4.78, 5) is 33.2. The van der Waals surface area contributed by atoms with Crippen molar-refractivity contribution < 1.29 is 19.4 Å². The first-order valence-corrected chi connectivity index (χ1v) is 14.0. The molecule has 5 aromatic rings. The molecule has 4 aromatic carbocycles. The highest BCUT2D eigenvalue weighted by atomic mass is 32.1. The third-order valence-electron chi connectivity index (χ3n) is 6.88. The summed E-state index contributed by atoms with van der Waals surface area (Å²) < 4.78 is 6.86. The number of carbonyl (C=O) groups excluding carboxylic acids is 2. The van der Waals surface area contributed by atoms with E-state index in [0.29, 0.717) is 23.1 Å². The quantitative estimate of drug-likeness (QED) is 0.201. The fraction of sp³-hybridized carbons (Fsp3) is 0.0882. The monoisotopic (exact) mass is 558 g/mol. The van der Waals surface area contributed by atoms with Crippen LogP contribution >= 0.6 is 11.3 Å². The predicted molar refractivity (Wildman–Crippen MR) is 162 cm³/mol. The molecule has 1 atom stereocenters. The lowest BCUT2D eigenvalue weighted by molar-refractivity contribution is -0.117. The summed E-state index contributed by atoms with van der Waals surface area (Å²) in [5.74, 6) is -1.04. The van der Waals surface area contributed by atoms with Gasteiger partial charge in [0.2, 0.25) is 0 Å². The van der Waals surface area contributed by atoms with E-state index >= 15 is 0 Å². The van der Waals surface area contributed by atoms with E-state index < -0.39 is 23.5 Å². The van der Waals surface area contributed by atoms with Crippen LogP contribution < -0.4 is 9.64 Å². The molecule has 1 aliphatic rings. The van der Waals surface area contributed by atoms with Gasteiger partial charge in [-0.3, -0.25) is 14.5 Å². The number of carbonyl (C=O) groups is 2. The molecule has 0 spiro atoms. The maximum atomic E-state index is 13.6. The van der Waals surface area contributed by atoms with E-state index in [2.05, 4.69) is 0 Å². The Morgan fingerprint density at radius 2 is 1.68 bits per heavy atom. The van der Waals surface area contributed by atoms with Gasteiger partial charge >= 0.3 is 0 Å². The molecule has 6 nitrogen and oxygen atoms in total. The number of hydrogen-bond donors (Lipinski definition) is 1. The summed E-state index contributed by atoms with van der Waals surface area (Å²) in [6.45, 7) is 2.40. The Morgan fingerprint density at radius 1 is 0.976 bits per heavy atom. The van der Waals surface area contributed by atoms with E-state index in [4.69, 9.17) is 9.72 Å². The zero-order valence-electron chi connectivity index (χ0n) is 22.2. The summed E-state index contributed by atoms with van der Waals surface area (Å²) in [5.41, 5.74) is 4.36. The second kappa shape index (κ2) is 11.2. The number of ether oxygens (including phenoxy) is 1. The predicted octanol–water partition coefficient (Wildman–Crippen LogP) is 7.37. The van der Waals surface area contributed by atoms with Crippen molar-refractivity contribution in [3.63, 3.8) is 0 Å². The first-order valence-electron chi connectivity index (χ1n) is 13.2. The zero-order valence-corrected chi connectivity index (χ0v) is 23.0. The number of aryl methyl sites for hydroxylation is 1. The molecule has 7 heteroatoms. The molecular weight excluding hydrogens is 532 g/mol. The SMILES string of the molecule is Cc1ccc2nc(N3C(=O)C(O)=C(C(=O)/C=C/c4ccccc4)C3c3ccc(OCc4ccccc4)cc3)sc2c1. The second-order valence-electron chi connectivity index (χ2n) is 9.76. The first kappa shape index (κ1) is 26.2. The molecule has 6 rings (SSSR count). The summed E-state index contributed by atoms with van der Waals surface area (Å²) in [6.07, 6.45) is 3.07. The lowest BCUT2D eigenvalue weighted by atomic mass is 9.95. The number of hydrogen-bond acceptors (Lipinski definition) is 6. The number of anilines is 1. The summed E-state index contributed by atoms with van der Waals surface area (Å²) in [5, 5.41) is 11.5. The smallest absolute Gasteiger partial charge is 0.296 e. The Bertz CT molecular complexity index is 1790. The van der Waals surface area contributed by atoms with Gasteiger partial charge in [-0.15, -0.1) is 0 Å². The standard InChI is InChI=1S/C34H26N2O4S/c1-22-12-18-27-29(20-22)41-34(35-27)36-31(25-14-16-26(17-15-25)40-21-24-10-6-3-7-11-24)30(32(38)33(36)39)28(37)19-13-23-8-4-2-5-9-23/h2-20,31,38H,21H2,1H3/b19-13+. The molecule has 0 fully saturated rings. The van der Waals surface area contributed by atoms with E-state index in [1.54, 1.807) is 18.2 Å². The van der Waals surface area contributed by atoms with Gasteiger partial charge < -0.3 is 9.84 Å². The maximum Gasteiger partial charge on any atom is 0.296 e. The fourth-order valence-corrected chi connectivity index (χ4v) is 5.90. The Hall–Kier alpha value is -5.01. The molecule has 1 aromatic heterocycles. The number of allylic oxidation sites excluding steroid dienone is 1. The molecule has 1 unspecified atom stereocenters. The maximum absolute atomic E-state index is 13.6. The highest BCUT2D eigenvalue weighted by molar-refractivity contribution is 7.22. The topological polar surface area (TPSA) is 79.7 Å². The van der Waals surface area contributed by atoms with E-state index in [-0.39, 0.29) is 5.57 Å². The molecule has 1 N–H and O–H groups in total. The average molecular weight is 559 g/mol. The van der Waals surface area contributed by atoms with Gasteiger partial charge in [0, 0.05) is 0 Å². The number of rotatable bonds is 8. The number of ketones is 1. The number of benzene rings is 4. The van der Waals surface area contributed by atoms with Crippen LogP contribution in [0.15, 0.2) is 121 Å². The minimum atomic E-state index is -0.861. The van der Waals surface area contributed by atoms with Gasteiger partial charge in [0.05, 0.1) is 21.8 Å². The van der Waals surface area contributed by atoms with Crippen molar-refractivity contribution in [2.45, 2.75) is 19.6 Å². The van der Waals surface area contributed by atoms with Gasteiger partial charge in [-0.1, -0.05) is 96.3 Å². The normalized spacial score (nSPS) is 15.3. The van der Waals surface area contributed by atoms with Gasteiger partial charge in [0.25, 0.3) is 5.91 Å². The van der Waals surface area contributed by atoms with Crippen LogP contribution in [0.2, 0.25) is 0 Å². The number of aliphatic hydroxyl groups is 1. The minimum absolute atomic E-state index is 0.00979. The second-order valence-corrected chi connectivity index (χ2v) is 10.8. The largest absolute Gasteiger partial charge is 0.503 e. The summed E-state index contributed by atoms with van der Waals surface area (Å²) in [7, 11) is 0. The van der Waals surface area contributed by atoms with E-state index in [1.165, 1.54) is 22.3 Å². The van der Waals surface area contributed by atoms with Crippen molar-refractivity contribution in [2.75, 3.05) is 4.90 Å². The third-order valence-corrected chi connectivity index (χ3v) is 7.90. The number of nitrogens with zero attached hydrogens (tertiary/aromatic N) is 2. The van der Waals surface area contributed by atoms with E-state index in [0.717, 1.165) is 26.9 Å². The Kier molecular flexibility index (Phi) is 7.18. The van der Waals surface area contributed by atoms with Crippen molar-refractivity contribution >= 4 is 44.5 Å². The zero-order chi connectivity index (χ0) is 28.3. The molecule has 0 aliphatic carbocycles. The number of amides is 1. The van der Waals surface area contributed by atoms with E-state index in [9.17, 15) is 14.7 Å². The highest BCUT2D eigenvalue weighted by Gasteiger charge is 2.45. The molecule has 202 valence electrons. The lowest BCUT2D eigenvalue weighted by Crippen LogP contribution is -2.30. The Labute approximate surface area is 241 Å². The lowest BCUT2D eigenvalue weighted by Gasteiger charge is -2.24. The van der Waals surface area contributed by atoms with Gasteiger partial charge in [-0.2, -0.15) is 0 Å². The average Bonchev–Trinajstić information content (AvgIpc) is 3.53. The number of fused-ring (bicyclic) bond motifs is 1. The van der Waals surface area contributed by atoms with Crippen LogP contribution in [-0.4, -0.2) is 21.8 Å². The summed E-state index contributed by atoms with van der Waals surface area (Å²) >= 11 is 1.35.